The highest BCUT2D eigenvalue weighted by atomic mass is 32.2. The average Bonchev–Trinajstić information content (AvgIpc) is 1.81. The predicted octanol–water partition coefficient (Wildman–Crippen LogP) is 1.42. The van der Waals surface area contributed by atoms with Gasteiger partial charge >= 0.3 is 0 Å². The van der Waals surface area contributed by atoms with Crippen molar-refractivity contribution >= 4 is 21.9 Å². The minimum atomic E-state index is -3.36. The van der Waals surface area contributed by atoms with Gasteiger partial charge in [-0.15, -0.1) is 0 Å². The van der Waals surface area contributed by atoms with Crippen LogP contribution in [0.1, 0.15) is 20.8 Å². The fraction of sp³-hybridized carbons (Fsp3) is 1.00. The zero-order valence-corrected chi connectivity index (χ0v) is 9.94. The second kappa shape index (κ2) is 5.85. The van der Waals surface area contributed by atoms with Crippen LogP contribution in [0.3, 0.4) is 0 Å². The van der Waals surface area contributed by atoms with E-state index in [0.717, 1.165) is 6.26 Å². The van der Waals surface area contributed by atoms with Gasteiger partial charge in [0.15, 0.2) is 0 Å². The first kappa shape index (κ1) is 13.2. The van der Waals surface area contributed by atoms with Crippen molar-refractivity contribution in [3.05, 3.63) is 0 Å². The van der Waals surface area contributed by atoms with Gasteiger partial charge < -0.3 is 4.74 Å². The summed E-state index contributed by atoms with van der Waals surface area (Å²) in [7, 11) is -3.36. The Kier molecular flexibility index (Phi) is 5.95. The van der Waals surface area contributed by atoms with Crippen LogP contribution < -0.4 is 0 Å². The molecule has 0 aliphatic heterocycles. The van der Waals surface area contributed by atoms with Crippen molar-refractivity contribution in [2.45, 2.75) is 31.6 Å². The summed E-state index contributed by atoms with van der Waals surface area (Å²) in [5.74, 6) is 0. The largest absolute Gasteiger partial charge is 0.368 e. The van der Waals surface area contributed by atoms with Crippen LogP contribution in [-0.4, -0.2) is 32.2 Å². The maximum atomic E-state index is 10.7. The summed E-state index contributed by atoms with van der Waals surface area (Å²) in [4.78, 5) is 0. The van der Waals surface area contributed by atoms with Gasteiger partial charge in [0.25, 0.3) is 10.1 Å². The highest BCUT2D eigenvalue weighted by Crippen LogP contribution is 2.20. The van der Waals surface area contributed by atoms with Gasteiger partial charge in [-0.1, -0.05) is 11.8 Å². The Labute approximate surface area is 84.1 Å². The van der Waals surface area contributed by atoms with Crippen LogP contribution in [0, 0.1) is 0 Å². The molecule has 13 heavy (non-hydrogen) atoms. The lowest BCUT2D eigenvalue weighted by Gasteiger charge is -2.15. The van der Waals surface area contributed by atoms with Crippen LogP contribution in [0.25, 0.3) is 0 Å². The smallest absolute Gasteiger partial charge is 0.265 e. The molecule has 0 heterocycles. The molecule has 0 amide bonds. The topological polar surface area (TPSA) is 52.6 Å². The first-order valence-electron chi connectivity index (χ1n) is 4.00. The molecule has 2 unspecified atom stereocenters. The van der Waals surface area contributed by atoms with Crippen LogP contribution in [-0.2, 0) is 19.0 Å². The van der Waals surface area contributed by atoms with Gasteiger partial charge in [-0.2, -0.15) is 8.42 Å². The van der Waals surface area contributed by atoms with E-state index in [1.54, 1.807) is 6.92 Å². The van der Waals surface area contributed by atoms with Crippen molar-refractivity contribution in [1.29, 1.82) is 0 Å². The number of hydrogen-bond donors (Lipinski definition) is 0. The third-order valence-corrected chi connectivity index (χ3v) is 2.85. The Morgan fingerprint density at radius 1 is 1.31 bits per heavy atom. The Morgan fingerprint density at radius 3 is 2.23 bits per heavy atom. The van der Waals surface area contributed by atoms with Gasteiger partial charge in [-0.3, -0.25) is 4.18 Å². The van der Waals surface area contributed by atoms with Crippen LogP contribution in [0.5, 0.6) is 0 Å². The number of thioether (sulfide) groups is 1. The third-order valence-electron chi connectivity index (χ3n) is 1.09. The molecule has 0 saturated carbocycles. The lowest BCUT2D eigenvalue weighted by Crippen LogP contribution is -2.15. The van der Waals surface area contributed by atoms with Gasteiger partial charge in [0.2, 0.25) is 0 Å². The van der Waals surface area contributed by atoms with Crippen LogP contribution in [0.2, 0.25) is 0 Å². The molecule has 0 aliphatic rings. The molecule has 0 spiro atoms. The van der Waals surface area contributed by atoms with Crippen LogP contribution in [0.15, 0.2) is 0 Å². The average molecular weight is 228 g/mol. The molecule has 6 heteroatoms. The van der Waals surface area contributed by atoms with Crippen molar-refractivity contribution < 1.29 is 17.3 Å². The van der Waals surface area contributed by atoms with E-state index < -0.39 is 15.6 Å². The molecule has 0 saturated heterocycles. The van der Waals surface area contributed by atoms with E-state index in [0.29, 0.717) is 6.61 Å². The fourth-order valence-corrected chi connectivity index (χ4v) is 2.67. The van der Waals surface area contributed by atoms with Crippen molar-refractivity contribution in [2.24, 2.45) is 0 Å². The molecule has 0 aromatic heterocycles. The lowest BCUT2D eigenvalue weighted by atomic mass is 10.8. The molecule has 0 aromatic rings. The van der Waals surface area contributed by atoms with Gasteiger partial charge in [0.05, 0.1) is 6.26 Å². The maximum absolute atomic E-state index is 10.7. The van der Waals surface area contributed by atoms with Gasteiger partial charge in [-0.05, 0) is 20.8 Å². The molecule has 0 aliphatic carbocycles. The monoisotopic (exact) mass is 228 g/mol. The first-order valence-corrected chi connectivity index (χ1v) is 6.76. The summed E-state index contributed by atoms with van der Waals surface area (Å²) in [5, 5.41) is 0. The van der Waals surface area contributed by atoms with Gasteiger partial charge in [-0.25, -0.2) is 0 Å². The van der Waals surface area contributed by atoms with Crippen molar-refractivity contribution in [1.82, 2.24) is 0 Å². The van der Waals surface area contributed by atoms with Crippen LogP contribution >= 0.6 is 11.8 Å². The zero-order chi connectivity index (χ0) is 10.5. The summed E-state index contributed by atoms with van der Waals surface area (Å²) in [6, 6.07) is 0. The third kappa shape index (κ3) is 8.55. The molecule has 80 valence electrons. The van der Waals surface area contributed by atoms with E-state index in [1.165, 1.54) is 11.8 Å². The first-order chi connectivity index (χ1) is 5.85. The summed E-state index contributed by atoms with van der Waals surface area (Å²) in [5.41, 5.74) is -0.460. The highest BCUT2D eigenvalue weighted by Gasteiger charge is 2.14. The molecule has 0 bridgehead atoms. The van der Waals surface area contributed by atoms with Gasteiger partial charge in [0, 0.05) is 6.61 Å². The summed E-state index contributed by atoms with van der Waals surface area (Å²) in [6.45, 7) is 6.04. The quantitative estimate of drug-likeness (QED) is 0.508. The Morgan fingerprint density at radius 2 is 1.85 bits per heavy atom. The standard InChI is InChI=1S/C7H16O4S2/c1-5-10-6(2)12-7(3)11-13(4,8)9/h6-7H,5H2,1-4H3. The number of rotatable bonds is 6. The molecule has 0 radical (unpaired) electrons. The molecule has 0 aromatic carbocycles. The summed E-state index contributed by atoms with van der Waals surface area (Å²) >= 11 is 1.33. The number of hydrogen-bond acceptors (Lipinski definition) is 5. The second-order valence-corrected chi connectivity index (χ2v) is 5.73. The molecule has 0 rings (SSSR count). The van der Waals surface area contributed by atoms with Crippen LogP contribution in [0.4, 0.5) is 0 Å². The highest BCUT2D eigenvalue weighted by molar-refractivity contribution is 8.00. The summed E-state index contributed by atoms with van der Waals surface area (Å²) in [6.07, 6.45) is 1.04. The van der Waals surface area contributed by atoms with Crippen molar-refractivity contribution in [3.8, 4) is 0 Å². The SMILES string of the molecule is CCOC(C)SC(C)OS(C)(=O)=O. The van der Waals surface area contributed by atoms with Crippen molar-refractivity contribution in [2.75, 3.05) is 12.9 Å². The number of ether oxygens (including phenoxy) is 1. The molecule has 4 nitrogen and oxygen atoms in total. The Hall–Kier alpha value is 0.220. The van der Waals surface area contributed by atoms with Crippen molar-refractivity contribution in [3.63, 3.8) is 0 Å². The maximum Gasteiger partial charge on any atom is 0.265 e. The fourth-order valence-electron chi connectivity index (χ4n) is 0.813. The van der Waals surface area contributed by atoms with E-state index in [2.05, 4.69) is 0 Å². The molecule has 0 fully saturated rings. The Bertz CT molecular complexity index is 225. The molecule has 2 atom stereocenters. The van der Waals surface area contributed by atoms with E-state index in [-0.39, 0.29) is 5.44 Å². The summed E-state index contributed by atoms with van der Waals surface area (Å²) < 4.78 is 31.3. The van der Waals surface area contributed by atoms with E-state index >= 15 is 0 Å². The van der Waals surface area contributed by atoms with E-state index in [1.807, 2.05) is 13.8 Å². The molecular formula is C7H16O4S2. The predicted molar refractivity (Wildman–Crippen MR) is 54.1 cm³/mol. The molecule has 0 N–H and O–H groups in total. The lowest BCUT2D eigenvalue weighted by molar-refractivity contribution is 0.135. The minimum Gasteiger partial charge on any atom is -0.368 e. The van der Waals surface area contributed by atoms with E-state index in [9.17, 15) is 8.42 Å². The second-order valence-electron chi connectivity index (χ2n) is 2.53. The van der Waals surface area contributed by atoms with Gasteiger partial charge in [0.1, 0.15) is 10.9 Å². The molecular weight excluding hydrogens is 212 g/mol. The van der Waals surface area contributed by atoms with E-state index in [4.69, 9.17) is 8.92 Å². The zero-order valence-electron chi connectivity index (χ0n) is 8.31. The Balaban J connectivity index is 3.80. The minimum absolute atomic E-state index is 0.0539. The normalized spacial score (nSPS) is 16.9.